The number of Topliss-reactive ketones (excluding diaryl/α,β-unsaturated/α-hetero) is 1. The predicted molar refractivity (Wildman–Crippen MR) is 80.3 cm³/mol. The number of rotatable bonds is 6. The minimum Gasteiger partial charge on any atom is -0.486 e. The molecule has 1 fully saturated rings. The van der Waals surface area contributed by atoms with Crippen LogP contribution in [0.1, 0.15) is 50.2 Å². The van der Waals surface area contributed by atoms with Crippen molar-refractivity contribution in [3.05, 3.63) is 4.88 Å². The number of hydrogen-bond acceptors (Lipinski definition) is 5. The van der Waals surface area contributed by atoms with Gasteiger partial charge >= 0.3 is 0 Å². The van der Waals surface area contributed by atoms with Crippen LogP contribution in [0.4, 0.5) is 10.7 Å². The smallest absolute Gasteiger partial charge is 0.177 e. The first-order valence-corrected chi connectivity index (χ1v) is 7.48. The molecule has 5 heteroatoms. The van der Waals surface area contributed by atoms with Crippen molar-refractivity contribution in [2.45, 2.75) is 46.6 Å². The van der Waals surface area contributed by atoms with E-state index in [0.717, 1.165) is 11.5 Å². The van der Waals surface area contributed by atoms with E-state index in [1.54, 1.807) is 0 Å². The largest absolute Gasteiger partial charge is 0.486 e. The van der Waals surface area contributed by atoms with Crippen LogP contribution < -0.4 is 15.8 Å². The fourth-order valence-electron chi connectivity index (χ4n) is 1.84. The van der Waals surface area contributed by atoms with Crippen LogP contribution >= 0.6 is 11.3 Å². The van der Waals surface area contributed by atoms with Crippen molar-refractivity contribution in [2.24, 2.45) is 5.41 Å². The third-order valence-corrected chi connectivity index (χ3v) is 4.60. The maximum absolute atomic E-state index is 11.6. The maximum Gasteiger partial charge on any atom is 0.177 e. The number of carbonyl (C=O) groups excluding carboxylic acids is 1. The molecule has 1 aliphatic carbocycles. The molecule has 1 aromatic rings. The molecule has 1 saturated carbocycles. The van der Waals surface area contributed by atoms with Crippen LogP contribution in [-0.4, -0.2) is 18.4 Å². The highest BCUT2D eigenvalue weighted by atomic mass is 32.1. The van der Waals surface area contributed by atoms with Crippen molar-refractivity contribution in [2.75, 3.05) is 17.6 Å². The van der Waals surface area contributed by atoms with Gasteiger partial charge in [0.05, 0.1) is 16.7 Å². The third kappa shape index (κ3) is 3.21. The Morgan fingerprint density at radius 1 is 1.53 bits per heavy atom. The standard InChI is InChI=1S/C14H22N2O2S/c1-8(2)18-11-10(15)12(9(3)17)19-13(11)16-7-14(4)5-6-14/h8,16H,5-7,15H2,1-4H3. The first-order chi connectivity index (χ1) is 8.82. The fraction of sp³-hybridized carbons (Fsp3) is 0.643. The highest BCUT2D eigenvalue weighted by Gasteiger charge is 2.37. The van der Waals surface area contributed by atoms with E-state index in [0.29, 0.717) is 21.7 Å². The second-order valence-electron chi connectivity index (χ2n) is 5.89. The minimum atomic E-state index is -0.0122. The molecule has 3 N–H and O–H groups in total. The van der Waals surface area contributed by atoms with Gasteiger partial charge in [0, 0.05) is 13.5 Å². The lowest BCUT2D eigenvalue weighted by Gasteiger charge is -2.14. The Hall–Kier alpha value is -1.23. The van der Waals surface area contributed by atoms with Gasteiger partial charge in [0.25, 0.3) is 0 Å². The normalized spacial score (nSPS) is 16.5. The Bertz CT molecular complexity index is 490. The number of nitrogen functional groups attached to an aromatic ring is 1. The summed E-state index contributed by atoms with van der Waals surface area (Å²) in [4.78, 5) is 12.2. The van der Waals surface area contributed by atoms with Gasteiger partial charge in [-0.15, -0.1) is 11.3 Å². The molecule has 1 aromatic heterocycles. The summed E-state index contributed by atoms with van der Waals surface area (Å²) in [5.41, 5.74) is 6.89. The number of nitrogens with two attached hydrogens (primary N) is 1. The summed E-state index contributed by atoms with van der Waals surface area (Å²) in [6, 6.07) is 0. The number of anilines is 2. The summed E-state index contributed by atoms with van der Waals surface area (Å²) in [6.07, 6.45) is 2.54. The predicted octanol–water partition coefficient (Wildman–Crippen LogP) is 3.53. The molecule has 0 spiro atoms. The van der Waals surface area contributed by atoms with Crippen LogP contribution in [0, 0.1) is 5.41 Å². The van der Waals surface area contributed by atoms with E-state index in [1.165, 1.54) is 31.1 Å². The van der Waals surface area contributed by atoms with Crippen molar-refractivity contribution in [3.8, 4) is 5.75 Å². The second-order valence-corrected chi connectivity index (χ2v) is 6.91. The Labute approximate surface area is 118 Å². The number of ketones is 1. The van der Waals surface area contributed by atoms with Crippen LogP contribution in [0.2, 0.25) is 0 Å². The Balaban J connectivity index is 2.23. The highest BCUT2D eigenvalue weighted by Crippen LogP contribution is 2.48. The Kier molecular flexibility index (Phi) is 3.76. The van der Waals surface area contributed by atoms with Crippen LogP contribution in [0.3, 0.4) is 0 Å². The second kappa shape index (κ2) is 5.04. The maximum atomic E-state index is 11.6. The van der Waals surface area contributed by atoms with Gasteiger partial charge in [-0.3, -0.25) is 4.79 Å². The number of carbonyl (C=O) groups is 1. The molecule has 2 rings (SSSR count). The lowest BCUT2D eigenvalue weighted by molar-refractivity contribution is 0.102. The van der Waals surface area contributed by atoms with Crippen LogP contribution in [-0.2, 0) is 0 Å². The molecule has 4 nitrogen and oxygen atoms in total. The number of nitrogens with one attached hydrogen (secondary N) is 1. The molecule has 19 heavy (non-hydrogen) atoms. The molecule has 0 saturated heterocycles. The van der Waals surface area contributed by atoms with Crippen LogP contribution in [0.5, 0.6) is 5.75 Å². The van der Waals surface area contributed by atoms with Crippen molar-refractivity contribution >= 4 is 27.8 Å². The Morgan fingerprint density at radius 3 is 2.63 bits per heavy atom. The molecule has 0 radical (unpaired) electrons. The van der Waals surface area contributed by atoms with Crippen molar-refractivity contribution in [3.63, 3.8) is 0 Å². The molecule has 0 aliphatic heterocycles. The molecule has 0 aromatic carbocycles. The Morgan fingerprint density at radius 2 is 2.16 bits per heavy atom. The van der Waals surface area contributed by atoms with E-state index in [9.17, 15) is 4.79 Å². The highest BCUT2D eigenvalue weighted by molar-refractivity contribution is 7.19. The van der Waals surface area contributed by atoms with E-state index in [2.05, 4.69) is 12.2 Å². The van der Waals surface area contributed by atoms with E-state index in [-0.39, 0.29) is 11.9 Å². The molecular weight excluding hydrogens is 260 g/mol. The van der Waals surface area contributed by atoms with Gasteiger partial charge in [-0.1, -0.05) is 6.92 Å². The molecule has 0 unspecified atom stereocenters. The molecule has 0 atom stereocenters. The first-order valence-electron chi connectivity index (χ1n) is 6.66. The molecule has 0 amide bonds. The zero-order valence-electron chi connectivity index (χ0n) is 12.0. The summed E-state index contributed by atoms with van der Waals surface area (Å²) in [5, 5.41) is 4.28. The molecule has 1 heterocycles. The van der Waals surface area contributed by atoms with Gasteiger partial charge in [0.1, 0.15) is 5.00 Å². The average molecular weight is 282 g/mol. The lowest BCUT2D eigenvalue weighted by atomic mass is 10.1. The monoisotopic (exact) mass is 282 g/mol. The molecule has 106 valence electrons. The summed E-state index contributed by atoms with van der Waals surface area (Å²) in [6.45, 7) is 8.60. The molecule has 1 aliphatic rings. The van der Waals surface area contributed by atoms with Crippen LogP contribution in [0.15, 0.2) is 0 Å². The van der Waals surface area contributed by atoms with Crippen molar-refractivity contribution < 1.29 is 9.53 Å². The SMILES string of the molecule is CC(=O)c1sc(NCC2(C)CC2)c(OC(C)C)c1N. The third-order valence-electron chi connectivity index (χ3n) is 3.35. The van der Waals surface area contributed by atoms with Gasteiger partial charge in [0.15, 0.2) is 11.5 Å². The summed E-state index contributed by atoms with van der Waals surface area (Å²) >= 11 is 1.39. The van der Waals surface area contributed by atoms with Gasteiger partial charge in [-0.25, -0.2) is 0 Å². The lowest BCUT2D eigenvalue weighted by Crippen LogP contribution is -2.13. The van der Waals surface area contributed by atoms with E-state index >= 15 is 0 Å². The van der Waals surface area contributed by atoms with E-state index < -0.39 is 0 Å². The number of thiophene rings is 1. The first kappa shape index (κ1) is 14.2. The summed E-state index contributed by atoms with van der Waals surface area (Å²) in [7, 11) is 0. The van der Waals surface area contributed by atoms with E-state index in [4.69, 9.17) is 10.5 Å². The minimum absolute atomic E-state index is 0.0122. The zero-order chi connectivity index (χ0) is 14.2. The fourth-order valence-corrected chi connectivity index (χ4v) is 2.79. The quantitative estimate of drug-likeness (QED) is 0.783. The van der Waals surface area contributed by atoms with Crippen LogP contribution in [0.25, 0.3) is 0 Å². The summed E-state index contributed by atoms with van der Waals surface area (Å²) in [5.74, 6) is 0.622. The van der Waals surface area contributed by atoms with Gasteiger partial charge in [-0.05, 0) is 32.1 Å². The average Bonchev–Trinajstić information content (AvgIpc) is 2.96. The molecular formula is C14H22N2O2S. The van der Waals surface area contributed by atoms with Gasteiger partial charge in [-0.2, -0.15) is 0 Å². The number of hydrogen-bond donors (Lipinski definition) is 2. The van der Waals surface area contributed by atoms with E-state index in [1.807, 2.05) is 13.8 Å². The van der Waals surface area contributed by atoms with Crippen molar-refractivity contribution in [1.29, 1.82) is 0 Å². The summed E-state index contributed by atoms with van der Waals surface area (Å²) < 4.78 is 5.76. The number of ether oxygens (including phenoxy) is 1. The van der Waals surface area contributed by atoms with Gasteiger partial charge in [0.2, 0.25) is 0 Å². The zero-order valence-corrected chi connectivity index (χ0v) is 12.8. The van der Waals surface area contributed by atoms with Gasteiger partial charge < -0.3 is 15.8 Å². The van der Waals surface area contributed by atoms with Crippen molar-refractivity contribution in [1.82, 2.24) is 0 Å². The topological polar surface area (TPSA) is 64.3 Å². The molecule has 0 bridgehead atoms.